The van der Waals surface area contributed by atoms with E-state index in [9.17, 15) is 8.76 Å². The van der Waals surface area contributed by atoms with Crippen molar-refractivity contribution >= 4 is 28.7 Å². The van der Waals surface area contributed by atoms with Gasteiger partial charge in [-0.3, -0.25) is 4.21 Å². The summed E-state index contributed by atoms with van der Waals surface area (Å²) in [6.07, 6.45) is 1.70. The Morgan fingerprint density at radius 1 is 1.13 bits per heavy atom. The van der Waals surface area contributed by atoms with Crippen LogP contribution in [0.5, 0.6) is 0 Å². The normalized spacial score (nSPS) is 12.0. The molecule has 3 aromatic rings. The van der Waals surface area contributed by atoms with Gasteiger partial charge in [0.25, 0.3) is 0 Å². The topological polar surface area (TPSA) is 82.9 Å². The molecule has 1 atom stereocenters. The summed E-state index contributed by atoms with van der Waals surface area (Å²) in [5, 5.41) is 8.89. The summed E-state index contributed by atoms with van der Waals surface area (Å²) in [4.78, 5) is 0.953. The molecule has 0 bridgehead atoms. The lowest BCUT2D eigenvalue weighted by molar-refractivity contribution is 0.542. The van der Waals surface area contributed by atoms with Gasteiger partial charge in [0, 0.05) is 21.8 Å². The first kappa shape index (κ1) is 15.7. The Bertz CT molecular complexity index is 791. The molecule has 0 aliphatic carbocycles. The van der Waals surface area contributed by atoms with Crippen LogP contribution in [0.15, 0.2) is 71.0 Å². The smallest absolute Gasteiger partial charge is 0.196 e. The van der Waals surface area contributed by atoms with Gasteiger partial charge in [-0.05, 0) is 41.6 Å². The zero-order valence-corrected chi connectivity index (χ0v) is 13.6. The largest absolute Gasteiger partial charge is 0.755 e. The van der Waals surface area contributed by atoms with Crippen molar-refractivity contribution in [3.63, 3.8) is 0 Å². The molecule has 0 radical (unpaired) electrons. The van der Waals surface area contributed by atoms with Gasteiger partial charge in [0.2, 0.25) is 0 Å². The summed E-state index contributed by atoms with van der Waals surface area (Å²) in [6.45, 7) is 0.699. The van der Waals surface area contributed by atoms with E-state index in [2.05, 4.69) is 27.1 Å². The second kappa shape index (κ2) is 7.40. The molecule has 0 fully saturated rings. The first-order chi connectivity index (χ1) is 11.2. The third kappa shape index (κ3) is 4.41. The molecule has 23 heavy (non-hydrogen) atoms. The van der Waals surface area contributed by atoms with Gasteiger partial charge in [-0.15, -0.1) is 10.2 Å². The Labute approximate surface area is 140 Å². The van der Waals surface area contributed by atoms with Crippen LogP contribution in [0.25, 0.3) is 0 Å². The van der Waals surface area contributed by atoms with Crippen LogP contribution in [-0.2, 0) is 17.8 Å². The van der Waals surface area contributed by atoms with Crippen LogP contribution in [0, 0.1) is 0 Å². The van der Waals surface area contributed by atoms with Gasteiger partial charge >= 0.3 is 0 Å². The molecule has 0 amide bonds. The number of nitrogens with one attached hydrogen (secondary N) is 1. The highest BCUT2D eigenvalue weighted by Crippen LogP contribution is 2.27. The summed E-state index contributed by atoms with van der Waals surface area (Å²) >= 11 is -0.839. The number of hydrogen-bond acceptors (Lipinski definition) is 5. The van der Waals surface area contributed by atoms with Crippen LogP contribution < -0.4 is 4.72 Å². The van der Waals surface area contributed by atoms with Crippen molar-refractivity contribution in [2.45, 2.75) is 16.6 Å². The SMILES string of the molecule is O=S([O-])Nc1ccc(Sc2nncn2Cc2ccccc2)cc1. The highest BCUT2D eigenvalue weighted by Gasteiger charge is 2.07. The number of hydrogen-bond donors (Lipinski definition) is 1. The van der Waals surface area contributed by atoms with Gasteiger partial charge in [0.1, 0.15) is 6.33 Å². The van der Waals surface area contributed by atoms with E-state index in [-0.39, 0.29) is 0 Å². The molecule has 0 aliphatic heterocycles. The second-order valence-electron chi connectivity index (χ2n) is 4.69. The Morgan fingerprint density at radius 3 is 2.57 bits per heavy atom. The van der Waals surface area contributed by atoms with Crippen LogP contribution in [0.2, 0.25) is 0 Å². The van der Waals surface area contributed by atoms with Gasteiger partial charge in [-0.2, -0.15) is 0 Å². The molecular formula is C15H13N4O2S2-. The van der Waals surface area contributed by atoms with Crippen molar-refractivity contribution in [2.75, 3.05) is 4.72 Å². The maximum atomic E-state index is 10.6. The van der Waals surface area contributed by atoms with Gasteiger partial charge in [-0.25, -0.2) is 0 Å². The molecule has 6 nitrogen and oxygen atoms in total. The fraction of sp³-hybridized carbons (Fsp3) is 0.0667. The summed E-state index contributed by atoms with van der Waals surface area (Å²) in [5.41, 5.74) is 1.69. The van der Waals surface area contributed by atoms with Crippen molar-refractivity contribution in [3.8, 4) is 0 Å². The Hall–Kier alpha value is -2.16. The molecular weight excluding hydrogens is 332 g/mol. The molecule has 118 valence electrons. The monoisotopic (exact) mass is 345 g/mol. The Morgan fingerprint density at radius 2 is 1.87 bits per heavy atom. The van der Waals surface area contributed by atoms with E-state index in [1.54, 1.807) is 18.5 Å². The zero-order valence-electron chi connectivity index (χ0n) is 12.0. The standard InChI is InChI=1S/C15H14N4O2S2/c20-23(21)18-13-6-8-14(9-7-13)22-15-17-16-11-19(15)10-12-4-2-1-3-5-12/h1-9,11,18H,10H2,(H,20,21)/p-1. The van der Waals surface area contributed by atoms with Gasteiger partial charge in [-0.1, -0.05) is 30.3 Å². The quantitative estimate of drug-likeness (QED) is 0.695. The van der Waals surface area contributed by atoms with E-state index in [4.69, 9.17) is 0 Å². The van der Waals surface area contributed by atoms with Crippen LogP contribution in [0.4, 0.5) is 5.69 Å². The first-order valence-electron chi connectivity index (χ1n) is 6.76. The van der Waals surface area contributed by atoms with E-state index in [0.717, 1.165) is 10.1 Å². The van der Waals surface area contributed by atoms with E-state index in [1.165, 1.54) is 17.3 Å². The summed E-state index contributed by atoms with van der Waals surface area (Å²) in [5.74, 6) is 0. The molecule has 1 aromatic heterocycles. The second-order valence-corrected chi connectivity index (χ2v) is 6.40. The third-order valence-electron chi connectivity index (χ3n) is 3.04. The molecule has 1 N–H and O–H groups in total. The average molecular weight is 345 g/mol. The van der Waals surface area contributed by atoms with Gasteiger partial charge < -0.3 is 13.8 Å². The molecule has 0 saturated carbocycles. The summed E-state index contributed by atoms with van der Waals surface area (Å²) < 4.78 is 25.5. The van der Waals surface area contributed by atoms with E-state index in [0.29, 0.717) is 12.2 Å². The van der Waals surface area contributed by atoms with Crippen LogP contribution >= 0.6 is 11.8 Å². The molecule has 1 heterocycles. The minimum Gasteiger partial charge on any atom is -0.755 e. The molecule has 0 spiro atoms. The molecule has 1 unspecified atom stereocenters. The zero-order chi connectivity index (χ0) is 16.1. The number of rotatable bonds is 6. The van der Waals surface area contributed by atoms with Crippen molar-refractivity contribution in [1.29, 1.82) is 0 Å². The van der Waals surface area contributed by atoms with Gasteiger partial charge in [0.05, 0.1) is 6.54 Å². The van der Waals surface area contributed by atoms with Gasteiger partial charge in [0.15, 0.2) is 5.16 Å². The number of anilines is 1. The van der Waals surface area contributed by atoms with Crippen molar-refractivity contribution in [2.24, 2.45) is 0 Å². The number of nitrogens with zero attached hydrogens (tertiary/aromatic N) is 3. The maximum absolute atomic E-state index is 10.6. The molecule has 0 saturated heterocycles. The Kier molecular flexibility index (Phi) is 5.06. The minimum atomic E-state index is -2.31. The van der Waals surface area contributed by atoms with Crippen molar-refractivity contribution < 1.29 is 8.76 Å². The highest BCUT2D eigenvalue weighted by atomic mass is 32.2. The molecule has 2 aromatic carbocycles. The average Bonchev–Trinajstić information content (AvgIpc) is 2.97. The number of aromatic nitrogens is 3. The van der Waals surface area contributed by atoms with E-state index in [1.807, 2.05) is 34.9 Å². The summed E-state index contributed by atoms with van der Waals surface area (Å²) in [7, 11) is 0. The lowest BCUT2D eigenvalue weighted by Gasteiger charge is -2.09. The predicted molar refractivity (Wildman–Crippen MR) is 88.7 cm³/mol. The van der Waals surface area contributed by atoms with E-state index < -0.39 is 11.3 Å². The third-order valence-corrected chi connectivity index (χ3v) is 4.45. The number of benzene rings is 2. The van der Waals surface area contributed by atoms with Crippen LogP contribution in [-0.4, -0.2) is 23.5 Å². The lowest BCUT2D eigenvalue weighted by atomic mass is 10.2. The molecule has 0 aliphatic rings. The van der Waals surface area contributed by atoms with E-state index >= 15 is 0 Å². The summed E-state index contributed by atoms with van der Waals surface area (Å²) in [6, 6.07) is 17.2. The fourth-order valence-corrected chi connectivity index (χ4v) is 3.13. The van der Waals surface area contributed by atoms with Crippen molar-refractivity contribution in [3.05, 3.63) is 66.5 Å². The Balaban J connectivity index is 1.71. The van der Waals surface area contributed by atoms with Crippen LogP contribution in [0.1, 0.15) is 5.56 Å². The predicted octanol–water partition coefficient (Wildman–Crippen LogP) is 2.68. The van der Waals surface area contributed by atoms with Crippen molar-refractivity contribution in [1.82, 2.24) is 14.8 Å². The van der Waals surface area contributed by atoms with Crippen LogP contribution in [0.3, 0.4) is 0 Å². The highest BCUT2D eigenvalue weighted by molar-refractivity contribution is 7.99. The molecule has 3 rings (SSSR count). The molecule has 8 heteroatoms. The minimum absolute atomic E-state index is 0.522. The lowest BCUT2D eigenvalue weighted by Crippen LogP contribution is -2.01. The fourth-order valence-electron chi connectivity index (χ4n) is 2.00. The maximum Gasteiger partial charge on any atom is 0.196 e. The first-order valence-corrected chi connectivity index (χ1v) is 8.65.